The van der Waals surface area contributed by atoms with Crippen molar-refractivity contribution < 1.29 is 14.7 Å². The van der Waals surface area contributed by atoms with E-state index < -0.39 is 12.0 Å². The predicted octanol–water partition coefficient (Wildman–Crippen LogP) is 3.13. The zero-order chi connectivity index (χ0) is 16.0. The fourth-order valence-electron chi connectivity index (χ4n) is 2.11. The minimum Gasteiger partial charge on any atom is -0.480 e. The lowest BCUT2D eigenvalue weighted by Crippen LogP contribution is -2.41. The molecule has 1 atom stereocenters. The molecule has 1 rings (SSSR count). The van der Waals surface area contributed by atoms with E-state index in [1.54, 1.807) is 18.2 Å². The zero-order valence-corrected chi connectivity index (χ0v) is 12.8. The molecule has 1 aromatic rings. The molecule has 0 bridgehead atoms. The number of rotatable bonds is 6. The van der Waals surface area contributed by atoms with Crippen LogP contribution in [0.3, 0.4) is 0 Å². The smallest absolute Gasteiger partial charge is 0.326 e. The highest BCUT2D eigenvalue weighted by Gasteiger charge is 2.24. The van der Waals surface area contributed by atoms with E-state index in [0.29, 0.717) is 18.4 Å². The van der Waals surface area contributed by atoms with Gasteiger partial charge in [0.05, 0.1) is 0 Å². The van der Waals surface area contributed by atoms with Crippen LogP contribution in [0, 0.1) is 0 Å². The van der Waals surface area contributed by atoms with Crippen molar-refractivity contribution >= 4 is 11.9 Å². The molecule has 4 nitrogen and oxygen atoms in total. The van der Waals surface area contributed by atoms with E-state index >= 15 is 0 Å². The molecule has 1 aromatic carbocycles. The molecule has 0 aliphatic heterocycles. The normalized spacial score (nSPS) is 12.5. The summed E-state index contributed by atoms with van der Waals surface area (Å²) in [5.74, 6) is -1.38. The number of nitrogens with one attached hydrogen (secondary N) is 1. The van der Waals surface area contributed by atoms with Crippen LogP contribution in [0.15, 0.2) is 36.9 Å². The third-order valence-electron chi connectivity index (χ3n) is 3.24. The molecule has 1 amide bonds. The maximum atomic E-state index is 12.4. The molecular formula is C17H23NO3. The molecule has 21 heavy (non-hydrogen) atoms. The van der Waals surface area contributed by atoms with Crippen LogP contribution < -0.4 is 5.32 Å². The number of benzene rings is 1. The Morgan fingerprint density at radius 2 is 1.95 bits per heavy atom. The van der Waals surface area contributed by atoms with Crippen LogP contribution in [0.4, 0.5) is 0 Å². The van der Waals surface area contributed by atoms with Crippen LogP contribution in [-0.2, 0) is 10.2 Å². The van der Waals surface area contributed by atoms with Gasteiger partial charge in [-0.15, -0.1) is 6.58 Å². The minimum atomic E-state index is -1.03. The van der Waals surface area contributed by atoms with Gasteiger partial charge in [-0.2, -0.15) is 0 Å². The minimum absolute atomic E-state index is 0.187. The Balaban J connectivity index is 2.98. The van der Waals surface area contributed by atoms with Crippen molar-refractivity contribution in [3.05, 3.63) is 48.0 Å². The van der Waals surface area contributed by atoms with Crippen LogP contribution >= 0.6 is 0 Å². The molecule has 0 aromatic heterocycles. The fraction of sp³-hybridized carbons (Fsp3) is 0.412. The Labute approximate surface area is 125 Å². The average molecular weight is 289 g/mol. The molecule has 114 valence electrons. The van der Waals surface area contributed by atoms with Gasteiger partial charge < -0.3 is 10.4 Å². The number of carbonyl (C=O) groups excluding carboxylic acids is 1. The summed E-state index contributed by atoms with van der Waals surface area (Å²) in [6, 6.07) is 6.38. The van der Waals surface area contributed by atoms with Gasteiger partial charge in [0.25, 0.3) is 5.91 Å². The molecule has 0 saturated carbocycles. The van der Waals surface area contributed by atoms with E-state index in [1.807, 2.05) is 32.9 Å². The summed E-state index contributed by atoms with van der Waals surface area (Å²) in [5, 5.41) is 11.8. The quantitative estimate of drug-likeness (QED) is 0.791. The first-order valence-electron chi connectivity index (χ1n) is 7.01. The number of amides is 1. The van der Waals surface area contributed by atoms with E-state index in [2.05, 4.69) is 11.9 Å². The number of carboxylic acid groups (broad SMARTS) is 1. The first-order valence-corrected chi connectivity index (χ1v) is 7.01. The Kier molecular flexibility index (Phi) is 5.70. The summed E-state index contributed by atoms with van der Waals surface area (Å²) in [6.07, 6.45) is 2.52. The van der Waals surface area contributed by atoms with Crippen molar-refractivity contribution in [1.82, 2.24) is 5.32 Å². The predicted molar refractivity (Wildman–Crippen MR) is 83.5 cm³/mol. The number of hydrogen-bond acceptors (Lipinski definition) is 2. The van der Waals surface area contributed by atoms with E-state index in [1.165, 1.54) is 0 Å². The summed E-state index contributed by atoms with van der Waals surface area (Å²) in [5.41, 5.74) is 1.23. The molecule has 2 N–H and O–H groups in total. The SMILES string of the molecule is C=CCCC(NC(=O)c1ccccc1C(C)(C)C)C(=O)O. The van der Waals surface area contributed by atoms with Crippen LogP contribution in [0.2, 0.25) is 0 Å². The van der Waals surface area contributed by atoms with Gasteiger partial charge in [-0.1, -0.05) is 45.0 Å². The van der Waals surface area contributed by atoms with Gasteiger partial charge in [0, 0.05) is 5.56 Å². The Hall–Kier alpha value is -2.10. The van der Waals surface area contributed by atoms with Gasteiger partial charge in [0.2, 0.25) is 0 Å². The standard InChI is InChI=1S/C17H23NO3/c1-5-6-11-14(16(20)21)18-15(19)12-9-7-8-10-13(12)17(2,3)4/h5,7-10,14H,1,6,11H2,2-4H3,(H,18,19)(H,20,21). The van der Waals surface area contributed by atoms with Crippen molar-refractivity contribution in [3.8, 4) is 0 Å². The number of carboxylic acids is 1. The Morgan fingerprint density at radius 3 is 2.48 bits per heavy atom. The molecule has 4 heteroatoms. The molecule has 1 unspecified atom stereocenters. The zero-order valence-electron chi connectivity index (χ0n) is 12.8. The number of aliphatic carboxylic acids is 1. The number of carbonyl (C=O) groups is 2. The van der Waals surface area contributed by atoms with Crippen molar-refractivity contribution in [1.29, 1.82) is 0 Å². The van der Waals surface area contributed by atoms with Gasteiger partial charge in [0.15, 0.2) is 0 Å². The van der Waals surface area contributed by atoms with Gasteiger partial charge in [-0.3, -0.25) is 4.79 Å². The molecule has 0 spiro atoms. The topological polar surface area (TPSA) is 66.4 Å². The van der Waals surface area contributed by atoms with E-state index in [4.69, 9.17) is 0 Å². The highest BCUT2D eigenvalue weighted by molar-refractivity contribution is 5.98. The maximum absolute atomic E-state index is 12.4. The lowest BCUT2D eigenvalue weighted by molar-refractivity contribution is -0.139. The summed E-state index contributed by atoms with van der Waals surface area (Å²) in [6.45, 7) is 9.63. The second kappa shape index (κ2) is 7.07. The lowest BCUT2D eigenvalue weighted by atomic mass is 9.83. The Morgan fingerprint density at radius 1 is 1.33 bits per heavy atom. The van der Waals surface area contributed by atoms with E-state index in [9.17, 15) is 14.7 Å². The fourth-order valence-corrected chi connectivity index (χ4v) is 2.11. The third-order valence-corrected chi connectivity index (χ3v) is 3.24. The van der Waals surface area contributed by atoms with Gasteiger partial charge in [-0.05, 0) is 29.9 Å². The first-order chi connectivity index (χ1) is 9.77. The molecule has 0 fully saturated rings. The highest BCUT2D eigenvalue weighted by Crippen LogP contribution is 2.25. The summed E-state index contributed by atoms with van der Waals surface area (Å²) >= 11 is 0. The van der Waals surface area contributed by atoms with Gasteiger partial charge in [-0.25, -0.2) is 4.79 Å². The highest BCUT2D eigenvalue weighted by atomic mass is 16.4. The average Bonchev–Trinajstić information content (AvgIpc) is 2.42. The molecule has 0 aliphatic carbocycles. The molecule has 0 aliphatic rings. The molecule has 0 radical (unpaired) electrons. The maximum Gasteiger partial charge on any atom is 0.326 e. The summed E-state index contributed by atoms with van der Waals surface area (Å²) < 4.78 is 0. The van der Waals surface area contributed by atoms with Crippen molar-refractivity contribution in [2.45, 2.75) is 45.1 Å². The second-order valence-corrected chi connectivity index (χ2v) is 6.03. The number of hydrogen-bond donors (Lipinski definition) is 2. The number of allylic oxidation sites excluding steroid dienone is 1. The lowest BCUT2D eigenvalue weighted by Gasteiger charge is -2.23. The summed E-state index contributed by atoms with van der Waals surface area (Å²) in [4.78, 5) is 23.6. The summed E-state index contributed by atoms with van der Waals surface area (Å²) in [7, 11) is 0. The second-order valence-electron chi connectivity index (χ2n) is 6.03. The van der Waals surface area contributed by atoms with Crippen molar-refractivity contribution in [2.75, 3.05) is 0 Å². The first kappa shape index (κ1) is 17.0. The van der Waals surface area contributed by atoms with Gasteiger partial charge in [0.1, 0.15) is 6.04 Å². The largest absolute Gasteiger partial charge is 0.480 e. The van der Waals surface area contributed by atoms with Crippen LogP contribution in [-0.4, -0.2) is 23.0 Å². The van der Waals surface area contributed by atoms with Crippen LogP contribution in [0.1, 0.15) is 49.5 Å². The van der Waals surface area contributed by atoms with Crippen LogP contribution in [0.25, 0.3) is 0 Å². The molecule has 0 heterocycles. The van der Waals surface area contributed by atoms with E-state index in [-0.39, 0.29) is 11.3 Å². The Bertz CT molecular complexity index is 529. The van der Waals surface area contributed by atoms with Crippen molar-refractivity contribution in [2.24, 2.45) is 0 Å². The molecular weight excluding hydrogens is 266 g/mol. The third kappa shape index (κ3) is 4.74. The van der Waals surface area contributed by atoms with E-state index in [0.717, 1.165) is 5.56 Å². The monoisotopic (exact) mass is 289 g/mol. The van der Waals surface area contributed by atoms with Gasteiger partial charge >= 0.3 is 5.97 Å². The molecule has 0 saturated heterocycles. The van der Waals surface area contributed by atoms with Crippen molar-refractivity contribution in [3.63, 3.8) is 0 Å². The van der Waals surface area contributed by atoms with Crippen LogP contribution in [0.5, 0.6) is 0 Å².